The Labute approximate surface area is 85.5 Å². The van der Waals surface area contributed by atoms with Crippen LogP contribution in [0.1, 0.15) is 19.8 Å². The molecule has 0 aromatic carbocycles. The van der Waals surface area contributed by atoms with Crippen molar-refractivity contribution in [3.63, 3.8) is 0 Å². The summed E-state index contributed by atoms with van der Waals surface area (Å²) in [4.78, 5) is 23.4. The van der Waals surface area contributed by atoms with E-state index in [1.54, 1.807) is 0 Å². The Kier molecular flexibility index (Phi) is 6.89. The number of unbranched alkanes of at least 4 members (excludes halogenated alkanes) is 1. The van der Waals surface area contributed by atoms with Gasteiger partial charge in [-0.05, 0) is 6.42 Å². The zero-order chi connectivity index (χ0) is 11.0. The molecule has 0 atom stereocenters. The van der Waals surface area contributed by atoms with Crippen LogP contribution >= 0.6 is 0 Å². The normalized spacial score (nSPS) is 9.57. The highest BCUT2D eigenvalue weighted by Gasteiger charge is 2.14. The summed E-state index contributed by atoms with van der Waals surface area (Å²) in [5.41, 5.74) is 0. The van der Waals surface area contributed by atoms with Crippen molar-refractivity contribution in [1.82, 2.24) is 4.90 Å². The molecule has 0 fully saturated rings. The molecule has 0 aliphatic rings. The van der Waals surface area contributed by atoms with Gasteiger partial charge in [0.1, 0.15) is 13.8 Å². The first-order valence-electron chi connectivity index (χ1n) is 5.11. The molecule has 0 aliphatic heterocycles. The molecule has 0 aromatic rings. The molecule has 0 rings (SSSR count). The minimum atomic E-state index is -0.939. The first-order valence-corrected chi connectivity index (χ1v) is 5.11. The van der Waals surface area contributed by atoms with E-state index in [4.69, 9.17) is 5.11 Å². The smallest absolute Gasteiger partial charge is 0.323 e. The molecule has 0 bridgehead atoms. The van der Waals surface area contributed by atoms with Gasteiger partial charge in [-0.3, -0.25) is 9.59 Å². The molecule has 5 heteroatoms. The minimum Gasteiger partial charge on any atom is -0.480 e. The first-order chi connectivity index (χ1) is 6.61. The lowest BCUT2D eigenvalue weighted by molar-refractivity contribution is -0.143. The summed E-state index contributed by atoms with van der Waals surface area (Å²) in [6.45, 7) is 4.32. The van der Waals surface area contributed by atoms with E-state index in [0.717, 1.165) is 20.1 Å². The molecule has 1 amide bonds. The summed E-state index contributed by atoms with van der Waals surface area (Å²) in [5, 5.41) is 8.61. The van der Waals surface area contributed by atoms with E-state index in [9.17, 15) is 9.59 Å². The van der Waals surface area contributed by atoms with Gasteiger partial charge in [0.05, 0.1) is 0 Å². The molecular formula is C9H18BNO3. The van der Waals surface area contributed by atoms with Gasteiger partial charge in [0.2, 0.25) is 5.91 Å². The Balaban J connectivity index is 4.08. The number of carbonyl (C=O) groups is 2. The van der Waals surface area contributed by atoms with Gasteiger partial charge in [-0.2, -0.15) is 0 Å². The average molecular weight is 199 g/mol. The number of carbonyl (C=O) groups excluding carboxylic acids is 1. The van der Waals surface area contributed by atoms with Crippen LogP contribution in [-0.2, 0) is 9.59 Å². The summed E-state index contributed by atoms with van der Waals surface area (Å²) in [6, 6.07) is 0. The third-order valence-electron chi connectivity index (χ3n) is 1.92. The van der Waals surface area contributed by atoms with E-state index in [-0.39, 0.29) is 12.5 Å². The Morgan fingerprint density at radius 3 is 2.50 bits per heavy atom. The lowest BCUT2D eigenvalue weighted by Crippen LogP contribution is -2.36. The number of hydrogen-bond acceptors (Lipinski definition) is 2. The largest absolute Gasteiger partial charge is 0.480 e. The lowest BCUT2D eigenvalue weighted by Gasteiger charge is -2.19. The second-order valence-corrected chi connectivity index (χ2v) is 3.31. The van der Waals surface area contributed by atoms with Crippen LogP contribution in [-0.4, -0.2) is 42.3 Å². The molecule has 0 aromatic heterocycles. The van der Waals surface area contributed by atoms with E-state index in [1.165, 1.54) is 4.90 Å². The average Bonchev–Trinajstić information content (AvgIpc) is 2.12. The molecule has 0 spiro atoms. The molecule has 0 aliphatic carbocycles. The summed E-state index contributed by atoms with van der Waals surface area (Å²) in [6.07, 6.45) is 2.27. The molecule has 80 valence electrons. The number of rotatable bonds is 7. The third kappa shape index (κ3) is 5.62. The highest BCUT2D eigenvalue weighted by Crippen LogP contribution is 1.99. The predicted octanol–water partition coefficient (Wildman–Crippen LogP) is 0.603. The maximum absolute atomic E-state index is 11.4. The lowest BCUT2D eigenvalue weighted by atomic mass is 9.77. The standard InChI is InChI=1S/C9H18BNO3/c1-3-4-5-11(7-9(13)14)8(12)6-10-2/h10H,3-7H2,1-2H3,(H,13,14). The van der Waals surface area contributed by atoms with Crippen molar-refractivity contribution in [2.75, 3.05) is 13.1 Å². The van der Waals surface area contributed by atoms with Crippen molar-refractivity contribution in [1.29, 1.82) is 0 Å². The highest BCUT2D eigenvalue weighted by molar-refractivity contribution is 6.39. The van der Waals surface area contributed by atoms with Gasteiger partial charge in [-0.15, -0.1) is 0 Å². The number of aliphatic carboxylic acids is 1. The zero-order valence-corrected chi connectivity index (χ0v) is 8.95. The summed E-state index contributed by atoms with van der Waals surface area (Å²) >= 11 is 0. The van der Waals surface area contributed by atoms with Crippen LogP contribution in [0.5, 0.6) is 0 Å². The van der Waals surface area contributed by atoms with Gasteiger partial charge in [0.15, 0.2) is 0 Å². The molecule has 1 N–H and O–H groups in total. The van der Waals surface area contributed by atoms with Crippen molar-refractivity contribution < 1.29 is 14.7 Å². The van der Waals surface area contributed by atoms with Crippen molar-refractivity contribution in [2.24, 2.45) is 0 Å². The van der Waals surface area contributed by atoms with Crippen molar-refractivity contribution >= 4 is 19.2 Å². The van der Waals surface area contributed by atoms with E-state index in [2.05, 4.69) is 0 Å². The molecule has 0 saturated carbocycles. The highest BCUT2D eigenvalue weighted by atomic mass is 16.4. The van der Waals surface area contributed by atoms with Gasteiger partial charge in [0, 0.05) is 12.9 Å². The maximum Gasteiger partial charge on any atom is 0.323 e. The molecule has 14 heavy (non-hydrogen) atoms. The minimum absolute atomic E-state index is 0.0525. The van der Waals surface area contributed by atoms with E-state index < -0.39 is 5.97 Å². The fourth-order valence-electron chi connectivity index (χ4n) is 1.18. The molecule has 0 radical (unpaired) electrons. The molecule has 0 unspecified atom stereocenters. The molecule has 0 heterocycles. The van der Waals surface area contributed by atoms with Crippen molar-refractivity contribution in [2.45, 2.75) is 32.9 Å². The van der Waals surface area contributed by atoms with Crippen LogP contribution in [0.3, 0.4) is 0 Å². The van der Waals surface area contributed by atoms with E-state index in [1.807, 2.05) is 13.7 Å². The van der Waals surface area contributed by atoms with E-state index in [0.29, 0.717) is 12.9 Å². The predicted molar refractivity (Wildman–Crippen MR) is 56.9 cm³/mol. The number of hydrogen-bond donors (Lipinski definition) is 1. The van der Waals surface area contributed by atoms with Gasteiger partial charge < -0.3 is 10.0 Å². The third-order valence-corrected chi connectivity index (χ3v) is 1.92. The number of carboxylic acid groups (broad SMARTS) is 1. The van der Waals surface area contributed by atoms with Crippen LogP contribution in [0.15, 0.2) is 0 Å². The summed E-state index contributed by atoms with van der Waals surface area (Å²) in [5.74, 6) is -0.992. The monoisotopic (exact) mass is 199 g/mol. The van der Waals surface area contributed by atoms with Gasteiger partial charge >= 0.3 is 5.97 Å². The Morgan fingerprint density at radius 2 is 2.07 bits per heavy atom. The van der Waals surface area contributed by atoms with Crippen LogP contribution in [0.25, 0.3) is 0 Å². The maximum atomic E-state index is 11.4. The number of amides is 1. The summed E-state index contributed by atoms with van der Waals surface area (Å²) < 4.78 is 0. The SMILES string of the molecule is CBCC(=O)N(CCCC)CC(=O)O. The Bertz CT molecular complexity index is 196. The molecule has 4 nitrogen and oxygen atoms in total. The zero-order valence-electron chi connectivity index (χ0n) is 8.95. The number of nitrogens with zero attached hydrogens (tertiary/aromatic N) is 1. The van der Waals surface area contributed by atoms with Gasteiger partial charge in [-0.25, -0.2) is 0 Å². The van der Waals surface area contributed by atoms with Crippen LogP contribution in [0.2, 0.25) is 13.1 Å². The van der Waals surface area contributed by atoms with E-state index >= 15 is 0 Å². The second-order valence-electron chi connectivity index (χ2n) is 3.31. The fraction of sp³-hybridized carbons (Fsp3) is 0.778. The van der Waals surface area contributed by atoms with Crippen LogP contribution in [0.4, 0.5) is 0 Å². The quantitative estimate of drug-likeness (QED) is 0.611. The Morgan fingerprint density at radius 1 is 1.43 bits per heavy atom. The van der Waals surface area contributed by atoms with Crippen LogP contribution in [0, 0.1) is 0 Å². The molecule has 0 saturated heterocycles. The molecular weight excluding hydrogens is 181 g/mol. The van der Waals surface area contributed by atoms with Crippen molar-refractivity contribution in [3.05, 3.63) is 0 Å². The summed E-state index contributed by atoms with van der Waals surface area (Å²) in [7, 11) is 0.765. The number of carboxylic acids is 1. The van der Waals surface area contributed by atoms with Gasteiger partial charge in [-0.1, -0.05) is 20.2 Å². The fourth-order valence-corrected chi connectivity index (χ4v) is 1.18. The van der Waals surface area contributed by atoms with Crippen molar-refractivity contribution in [3.8, 4) is 0 Å². The topological polar surface area (TPSA) is 57.6 Å². The van der Waals surface area contributed by atoms with Gasteiger partial charge in [0.25, 0.3) is 0 Å². The van der Waals surface area contributed by atoms with Crippen LogP contribution < -0.4 is 0 Å². The first kappa shape index (κ1) is 13.0. The Hall–Kier alpha value is -0.995. The second kappa shape index (κ2) is 7.41.